The van der Waals surface area contributed by atoms with Crippen LogP contribution in [0.3, 0.4) is 0 Å². The first-order valence-corrected chi connectivity index (χ1v) is 6.14. The molecule has 0 bridgehead atoms. The summed E-state index contributed by atoms with van der Waals surface area (Å²) in [6, 6.07) is 0. The molecule has 0 aliphatic carbocycles. The maximum atomic E-state index is 4.37. The van der Waals surface area contributed by atoms with Gasteiger partial charge in [0.25, 0.3) is 0 Å². The molecule has 14 heavy (non-hydrogen) atoms. The van der Waals surface area contributed by atoms with Crippen LogP contribution in [-0.2, 0) is 0 Å². The molecule has 0 aliphatic rings. The van der Waals surface area contributed by atoms with E-state index < -0.39 is 0 Å². The zero-order chi connectivity index (χ0) is 11.1. The second kappa shape index (κ2) is 6.91. The number of hydrogen-bond donors (Lipinski definition) is 1. The topological polar surface area (TPSA) is 0 Å². The highest BCUT2D eigenvalue weighted by molar-refractivity contribution is 7.80. The van der Waals surface area contributed by atoms with Crippen molar-refractivity contribution in [1.82, 2.24) is 0 Å². The average Bonchev–Trinajstić information content (AvgIpc) is 2.61. The molecule has 0 aromatic carbocycles. The molecule has 0 aliphatic heterocycles. The predicted octanol–water partition coefficient (Wildman–Crippen LogP) is 5.13. The van der Waals surface area contributed by atoms with E-state index in [4.69, 9.17) is 0 Å². The normalized spacial score (nSPS) is 8.86. The maximum Gasteiger partial charge on any atom is 0.0350 e. The van der Waals surface area contributed by atoms with Gasteiger partial charge in [-0.2, -0.15) is 0 Å². The zero-order valence-electron chi connectivity index (χ0n) is 9.13. The lowest BCUT2D eigenvalue weighted by Gasteiger charge is -2.02. The summed E-state index contributed by atoms with van der Waals surface area (Å²) in [4.78, 5) is 2.19. The largest absolute Gasteiger partial charge is 0.143 e. The molecule has 0 saturated heterocycles. The van der Waals surface area contributed by atoms with Crippen molar-refractivity contribution in [3.8, 4) is 0 Å². The number of hydrogen-bond acceptors (Lipinski definition) is 2. The predicted molar refractivity (Wildman–Crippen MR) is 72.3 cm³/mol. The van der Waals surface area contributed by atoms with Crippen molar-refractivity contribution in [2.75, 3.05) is 0 Å². The van der Waals surface area contributed by atoms with E-state index in [1.54, 1.807) is 11.3 Å². The van der Waals surface area contributed by atoms with Crippen LogP contribution in [0.4, 0.5) is 0 Å². The lowest BCUT2D eigenvalue weighted by atomic mass is 10.1. The highest BCUT2D eigenvalue weighted by Gasteiger charge is 2.08. The van der Waals surface area contributed by atoms with Crippen LogP contribution in [0.25, 0.3) is 11.6 Å². The number of allylic oxidation sites excluding steroid dienone is 1. The van der Waals surface area contributed by atoms with Gasteiger partial charge in [-0.1, -0.05) is 40.0 Å². The molecule has 0 radical (unpaired) electrons. The molecule has 1 aromatic heterocycles. The minimum Gasteiger partial charge on any atom is -0.143 e. The summed E-state index contributed by atoms with van der Waals surface area (Å²) in [7, 11) is 0. The summed E-state index contributed by atoms with van der Waals surface area (Å²) in [6.45, 7) is 13.8. The summed E-state index contributed by atoms with van der Waals surface area (Å²) in [6.07, 6.45) is 2.83. The molecule has 0 saturated carbocycles. The van der Waals surface area contributed by atoms with Gasteiger partial charge in [0.2, 0.25) is 0 Å². The standard InChI is InChI=1S/C10H12S2.C2H6/c1-4-7(3)10-8(11)6-12-9(10)5-2;1-2/h5-6,11H,2-4H2,1H3;1-2H3. The Labute approximate surface area is 96.8 Å². The van der Waals surface area contributed by atoms with E-state index >= 15 is 0 Å². The van der Waals surface area contributed by atoms with E-state index in [1.165, 1.54) is 10.4 Å². The van der Waals surface area contributed by atoms with Crippen LogP contribution in [0.1, 0.15) is 37.6 Å². The van der Waals surface area contributed by atoms with Crippen molar-refractivity contribution in [2.24, 2.45) is 0 Å². The average molecular weight is 226 g/mol. The van der Waals surface area contributed by atoms with Crippen LogP contribution in [0.5, 0.6) is 0 Å². The van der Waals surface area contributed by atoms with Gasteiger partial charge in [-0.3, -0.25) is 0 Å². The Morgan fingerprint density at radius 3 is 2.57 bits per heavy atom. The van der Waals surface area contributed by atoms with E-state index in [0.29, 0.717) is 0 Å². The molecule has 1 heterocycles. The molecule has 0 spiro atoms. The second-order valence-electron chi connectivity index (χ2n) is 2.52. The minimum atomic E-state index is 0.963. The monoisotopic (exact) mass is 226 g/mol. The fourth-order valence-electron chi connectivity index (χ4n) is 1.05. The molecule has 0 unspecified atom stereocenters. The van der Waals surface area contributed by atoms with Gasteiger partial charge >= 0.3 is 0 Å². The highest BCUT2D eigenvalue weighted by atomic mass is 32.1. The highest BCUT2D eigenvalue weighted by Crippen LogP contribution is 2.32. The Balaban J connectivity index is 0.000000791. The third-order valence-electron chi connectivity index (χ3n) is 1.77. The van der Waals surface area contributed by atoms with Gasteiger partial charge in [-0.25, -0.2) is 0 Å². The van der Waals surface area contributed by atoms with E-state index in [-0.39, 0.29) is 0 Å². The molecule has 0 atom stereocenters. The van der Waals surface area contributed by atoms with Gasteiger partial charge in [-0.05, 0) is 12.0 Å². The Kier molecular flexibility index (Phi) is 6.67. The minimum absolute atomic E-state index is 0.963. The Hall–Kier alpha value is -0.470. The van der Waals surface area contributed by atoms with Gasteiger partial charge < -0.3 is 0 Å². The lowest BCUT2D eigenvalue weighted by molar-refractivity contribution is 1.23. The molecule has 78 valence electrons. The Bertz CT molecular complexity index is 308. The quantitative estimate of drug-likeness (QED) is 0.679. The molecule has 0 fully saturated rings. The van der Waals surface area contributed by atoms with Gasteiger partial charge in [0.15, 0.2) is 0 Å². The summed E-state index contributed by atoms with van der Waals surface area (Å²) in [5.41, 5.74) is 2.30. The molecule has 0 N–H and O–H groups in total. The van der Waals surface area contributed by atoms with Gasteiger partial charge in [0.1, 0.15) is 0 Å². The van der Waals surface area contributed by atoms with Gasteiger partial charge in [-0.15, -0.1) is 24.0 Å². The van der Waals surface area contributed by atoms with Gasteiger partial charge in [0, 0.05) is 20.7 Å². The van der Waals surface area contributed by atoms with Crippen molar-refractivity contribution in [1.29, 1.82) is 0 Å². The van der Waals surface area contributed by atoms with Gasteiger partial charge in [0.05, 0.1) is 0 Å². The molecule has 1 aromatic rings. The third-order valence-corrected chi connectivity index (χ3v) is 3.27. The Morgan fingerprint density at radius 2 is 2.14 bits per heavy atom. The van der Waals surface area contributed by atoms with E-state index in [1.807, 2.05) is 25.3 Å². The van der Waals surface area contributed by atoms with E-state index in [0.717, 1.165) is 16.9 Å². The molecular formula is C12H18S2. The summed E-state index contributed by atoms with van der Waals surface area (Å²) >= 11 is 6.03. The SMILES string of the molecule is C=Cc1scc(S)c1C(=C)CC.CC. The maximum absolute atomic E-state index is 4.37. The zero-order valence-corrected chi connectivity index (χ0v) is 10.8. The van der Waals surface area contributed by atoms with Crippen molar-refractivity contribution in [3.05, 3.63) is 29.0 Å². The smallest absolute Gasteiger partial charge is 0.0350 e. The van der Waals surface area contributed by atoms with Crippen molar-refractivity contribution in [2.45, 2.75) is 32.1 Å². The molecule has 1 rings (SSSR count). The van der Waals surface area contributed by atoms with E-state index in [9.17, 15) is 0 Å². The molecular weight excluding hydrogens is 208 g/mol. The third kappa shape index (κ3) is 3.03. The van der Waals surface area contributed by atoms with Crippen molar-refractivity contribution >= 4 is 35.6 Å². The number of thiophene rings is 1. The first-order valence-electron chi connectivity index (χ1n) is 4.81. The van der Waals surface area contributed by atoms with Crippen molar-refractivity contribution < 1.29 is 0 Å². The van der Waals surface area contributed by atoms with Crippen LogP contribution < -0.4 is 0 Å². The second-order valence-corrected chi connectivity index (χ2v) is 3.91. The number of thiol groups is 1. The first kappa shape index (κ1) is 13.5. The van der Waals surface area contributed by atoms with Crippen molar-refractivity contribution in [3.63, 3.8) is 0 Å². The molecule has 2 heteroatoms. The summed E-state index contributed by atoms with van der Waals surface area (Å²) < 4.78 is 0. The fourth-order valence-corrected chi connectivity index (χ4v) is 2.38. The Morgan fingerprint density at radius 1 is 1.57 bits per heavy atom. The number of rotatable bonds is 3. The van der Waals surface area contributed by atoms with Crippen LogP contribution in [0.15, 0.2) is 23.4 Å². The summed E-state index contributed by atoms with van der Waals surface area (Å²) in [5, 5.41) is 2.02. The summed E-state index contributed by atoms with van der Waals surface area (Å²) in [5.74, 6) is 0. The van der Waals surface area contributed by atoms with E-state index in [2.05, 4.69) is 32.7 Å². The fraction of sp³-hybridized carbons (Fsp3) is 0.333. The van der Waals surface area contributed by atoms with Crippen LogP contribution in [0.2, 0.25) is 0 Å². The lowest BCUT2D eigenvalue weighted by Crippen LogP contribution is -1.81. The molecule has 0 amide bonds. The van der Waals surface area contributed by atoms with Crippen LogP contribution in [0, 0.1) is 0 Å². The first-order chi connectivity index (χ1) is 6.70. The van der Waals surface area contributed by atoms with Crippen LogP contribution in [-0.4, -0.2) is 0 Å². The molecule has 0 nitrogen and oxygen atoms in total. The van der Waals surface area contributed by atoms with Crippen LogP contribution >= 0.6 is 24.0 Å².